The summed E-state index contributed by atoms with van der Waals surface area (Å²) >= 11 is 5.83. The van der Waals surface area contributed by atoms with Gasteiger partial charge in [-0.05, 0) is 45.4 Å². The minimum absolute atomic E-state index is 0.305. The van der Waals surface area contributed by atoms with E-state index in [1.165, 1.54) is 0 Å². The molecule has 0 aliphatic carbocycles. The van der Waals surface area contributed by atoms with Gasteiger partial charge in [-0.2, -0.15) is 0 Å². The molecule has 19 heavy (non-hydrogen) atoms. The fraction of sp³-hybridized carbons (Fsp3) is 0.533. The van der Waals surface area contributed by atoms with E-state index in [0.29, 0.717) is 18.1 Å². The number of esters is 1. The van der Waals surface area contributed by atoms with E-state index >= 15 is 0 Å². The number of carbonyl (C=O) groups is 1. The highest BCUT2D eigenvalue weighted by molar-refractivity contribution is 6.30. The van der Waals surface area contributed by atoms with Gasteiger partial charge in [-0.1, -0.05) is 23.7 Å². The third kappa shape index (κ3) is 3.71. The van der Waals surface area contributed by atoms with Gasteiger partial charge in [0, 0.05) is 11.4 Å². The molecule has 1 atom stereocenters. The maximum Gasteiger partial charge on any atom is 0.314 e. The fourth-order valence-electron chi connectivity index (χ4n) is 1.75. The maximum atomic E-state index is 12.0. The SMILES string of the molecule is CCOC(=O)C(C)(C)[C@@](C)(O)Cc1ccc(Cl)cc1. The summed E-state index contributed by atoms with van der Waals surface area (Å²) in [5, 5.41) is 11.3. The van der Waals surface area contributed by atoms with Gasteiger partial charge in [0.05, 0.1) is 17.6 Å². The topological polar surface area (TPSA) is 46.5 Å². The Kier molecular flexibility index (Phi) is 4.99. The van der Waals surface area contributed by atoms with Crippen LogP contribution >= 0.6 is 11.6 Å². The summed E-state index contributed by atoms with van der Waals surface area (Å²) in [6, 6.07) is 7.23. The van der Waals surface area contributed by atoms with Crippen LogP contribution in [0.15, 0.2) is 24.3 Å². The molecule has 0 bridgehead atoms. The first kappa shape index (κ1) is 16.0. The number of ether oxygens (including phenoxy) is 1. The Morgan fingerprint density at radius 3 is 2.26 bits per heavy atom. The second kappa shape index (κ2) is 5.93. The summed E-state index contributed by atoms with van der Waals surface area (Å²) in [6.45, 7) is 7.10. The van der Waals surface area contributed by atoms with E-state index in [-0.39, 0.29) is 0 Å². The zero-order valence-electron chi connectivity index (χ0n) is 11.9. The molecule has 0 amide bonds. The van der Waals surface area contributed by atoms with Gasteiger partial charge in [0.15, 0.2) is 0 Å². The fourth-order valence-corrected chi connectivity index (χ4v) is 1.88. The van der Waals surface area contributed by atoms with Crippen LogP contribution in [0, 0.1) is 5.41 Å². The Morgan fingerprint density at radius 1 is 1.26 bits per heavy atom. The van der Waals surface area contributed by atoms with Gasteiger partial charge in [0.1, 0.15) is 0 Å². The van der Waals surface area contributed by atoms with Gasteiger partial charge in [-0.25, -0.2) is 0 Å². The molecule has 0 aliphatic heterocycles. The van der Waals surface area contributed by atoms with E-state index in [2.05, 4.69) is 0 Å². The minimum atomic E-state index is -1.20. The smallest absolute Gasteiger partial charge is 0.314 e. The highest BCUT2D eigenvalue weighted by Crippen LogP contribution is 2.35. The molecule has 1 aromatic rings. The number of aliphatic hydroxyl groups is 1. The van der Waals surface area contributed by atoms with E-state index in [9.17, 15) is 9.90 Å². The van der Waals surface area contributed by atoms with E-state index in [1.54, 1.807) is 39.8 Å². The number of halogens is 1. The molecule has 0 spiro atoms. The summed E-state index contributed by atoms with van der Waals surface area (Å²) in [5.74, 6) is -0.394. The maximum absolute atomic E-state index is 12.0. The number of benzene rings is 1. The Morgan fingerprint density at radius 2 is 1.79 bits per heavy atom. The van der Waals surface area contributed by atoms with Crippen molar-refractivity contribution in [1.82, 2.24) is 0 Å². The lowest BCUT2D eigenvalue weighted by Crippen LogP contribution is -2.49. The first-order chi connectivity index (χ1) is 8.70. The Balaban J connectivity index is 2.90. The van der Waals surface area contributed by atoms with Gasteiger partial charge >= 0.3 is 5.97 Å². The van der Waals surface area contributed by atoms with Crippen molar-refractivity contribution in [1.29, 1.82) is 0 Å². The molecule has 1 rings (SSSR count). The lowest BCUT2D eigenvalue weighted by molar-refractivity contribution is -0.168. The van der Waals surface area contributed by atoms with Crippen LogP contribution < -0.4 is 0 Å². The van der Waals surface area contributed by atoms with Crippen LogP contribution in [0.4, 0.5) is 0 Å². The summed E-state index contributed by atoms with van der Waals surface area (Å²) in [4.78, 5) is 12.0. The second-order valence-electron chi connectivity index (χ2n) is 5.42. The molecule has 0 radical (unpaired) electrons. The van der Waals surface area contributed by atoms with Crippen molar-refractivity contribution >= 4 is 17.6 Å². The molecule has 0 aliphatic rings. The molecule has 0 heterocycles. The van der Waals surface area contributed by atoms with E-state index in [4.69, 9.17) is 16.3 Å². The predicted octanol–water partition coefficient (Wildman–Crippen LogP) is 3.22. The number of carbonyl (C=O) groups excluding carboxylic acids is 1. The molecular formula is C15H21ClO3. The Bertz CT molecular complexity index is 435. The van der Waals surface area contributed by atoms with Crippen LogP contribution in [0.5, 0.6) is 0 Å². The van der Waals surface area contributed by atoms with Crippen LogP contribution in [-0.4, -0.2) is 23.3 Å². The molecule has 0 aromatic heterocycles. The van der Waals surface area contributed by atoms with Gasteiger partial charge in [-0.15, -0.1) is 0 Å². The molecule has 0 fully saturated rings. The summed E-state index contributed by atoms with van der Waals surface area (Å²) < 4.78 is 5.03. The predicted molar refractivity (Wildman–Crippen MR) is 76.2 cm³/mol. The van der Waals surface area contributed by atoms with Crippen LogP contribution in [0.1, 0.15) is 33.3 Å². The van der Waals surface area contributed by atoms with Crippen molar-refractivity contribution in [3.63, 3.8) is 0 Å². The third-order valence-electron chi connectivity index (χ3n) is 3.59. The largest absolute Gasteiger partial charge is 0.465 e. The molecule has 3 nitrogen and oxygen atoms in total. The first-order valence-electron chi connectivity index (χ1n) is 6.35. The monoisotopic (exact) mass is 284 g/mol. The normalized spacial score (nSPS) is 14.8. The van der Waals surface area contributed by atoms with Crippen molar-refractivity contribution in [2.45, 2.75) is 39.7 Å². The van der Waals surface area contributed by atoms with E-state index in [1.807, 2.05) is 12.1 Å². The molecule has 1 aromatic carbocycles. The standard InChI is InChI=1S/C15H21ClO3/c1-5-19-13(17)14(2,3)15(4,18)10-11-6-8-12(16)9-7-11/h6-9,18H,5,10H2,1-4H3/t15-/m0/s1. The van der Waals surface area contributed by atoms with Gasteiger partial charge in [0.25, 0.3) is 0 Å². The van der Waals surface area contributed by atoms with Crippen LogP contribution in [-0.2, 0) is 16.0 Å². The average molecular weight is 285 g/mol. The van der Waals surface area contributed by atoms with Crippen molar-refractivity contribution in [3.05, 3.63) is 34.9 Å². The lowest BCUT2D eigenvalue weighted by Gasteiger charge is -2.38. The van der Waals surface area contributed by atoms with Gasteiger partial charge in [0.2, 0.25) is 0 Å². The van der Waals surface area contributed by atoms with E-state index < -0.39 is 17.0 Å². The van der Waals surface area contributed by atoms with Gasteiger partial charge in [-0.3, -0.25) is 4.79 Å². The zero-order chi connectivity index (χ0) is 14.7. The molecule has 0 saturated carbocycles. The number of hydrogen-bond donors (Lipinski definition) is 1. The van der Waals surface area contributed by atoms with Gasteiger partial charge < -0.3 is 9.84 Å². The van der Waals surface area contributed by atoms with Crippen molar-refractivity contribution in [2.24, 2.45) is 5.41 Å². The first-order valence-corrected chi connectivity index (χ1v) is 6.72. The summed E-state index contributed by atoms with van der Waals surface area (Å²) in [7, 11) is 0. The number of hydrogen-bond acceptors (Lipinski definition) is 3. The lowest BCUT2D eigenvalue weighted by atomic mass is 9.73. The quantitative estimate of drug-likeness (QED) is 0.845. The average Bonchev–Trinajstić information content (AvgIpc) is 2.32. The van der Waals surface area contributed by atoms with E-state index in [0.717, 1.165) is 5.56 Å². The highest BCUT2D eigenvalue weighted by atomic mass is 35.5. The third-order valence-corrected chi connectivity index (χ3v) is 3.85. The molecule has 0 unspecified atom stereocenters. The van der Waals surface area contributed by atoms with Crippen molar-refractivity contribution < 1.29 is 14.6 Å². The van der Waals surface area contributed by atoms with Crippen LogP contribution in [0.25, 0.3) is 0 Å². The zero-order valence-corrected chi connectivity index (χ0v) is 12.6. The van der Waals surface area contributed by atoms with Crippen LogP contribution in [0.2, 0.25) is 5.02 Å². The highest BCUT2D eigenvalue weighted by Gasteiger charge is 2.46. The number of rotatable bonds is 5. The summed E-state index contributed by atoms with van der Waals surface area (Å²) in [6.07, 6.45) is 0.357. The molecular weight excluding hydrogens is 264 g/mol. The summed E-state index contributed by atoms with van der Waals surface area (Å²) in [5.41, 5.74) is -1.26. The Hall–Kier alpha value is -1.06. The van der Waals surface area contributed by atoms with Crippen molar-refractivity contribution in [3.8, 4) is 0 Å². The molecule has 0 saturated heterocycles. The molecule has 106 valence electrons. The minimum Gasteiger partial charge on any atom is -0.465 e. The van der Waals surface area contributed by atoms with Crippen molar-refractivity contribution in [2.75, 3.05) is 6.61 Å². The second-order valence-corrected chi connectivity index (χ2v) is 5.86. The van der Waals surface area contributed by atoms with Crippen LogP contribution in [0.3, 0.4) is 0 Å². The molecule has 1 N–H and O–H groups in total. The molecule has 4 heteroatoms. The Labute approximate surface area is 119 Å².